The van der Waals surface area contributed by atoms with Crippen LogP contribution < -0.4 is 0 Å². The number of ketones is 1. The molecule has 0 aliphatic carbocycles. The van der Waals surface area contributed by atoms with Crippen molar-refractivity contribution in [3.05, 3.63) is 30.1 Å². The number of hydrogen-bond donors (Lipinski definition) is 0. The van der Waals surface area contributed by atoms with E-state index in [0.29, 0.717) is 5.56 Å². The molecule has 0 amide bonds. The molecule has 3 heteroatoms. The van der Waals surface area contributed by atoms with Gasteiger partial charge in [-0.15, -0.1) is 0 Å². The maximum absolute atomic E-state index is 11.3. The molecule has 3 nitrogen and oxygen atoms in total. The monoisotopic (exact) mass is 160 g/mol. The lowest BCUT2D eigenvalue weighted by atomic mass is 10.0. The van der Waals surface area contributed by atoms with Crippen molar-refractivity contribution in [1.29, 1.82) is 5.26 Å². The van der Waals surface area contributed by atoms with E-state index in [2.05, 4.69) is 4.98 Å². The highest BCUT2D eigenvalue weighted by atomic mass is 16.1. The van der Waals surface area contributed by atoms with Crippen LogP contribution in [0.2, 0.25) is 0 Å². The predicted molar refractivity (Wildman–Crippen MR) is 43.3 cm³/mol. The van der Waals surface area contributed by atoms with Gasteiger partial charge >= 0.3 is 0 Å². The summed E-state index contributed by atoms with van der Waals surface area (Å²) in [5, 5.41) is 8.48. The van der Waals surface area contributed by atoms with Gasteiger partial charge in [0.05, 0.1) is 6.07 Å². The van der Waals surface area contributed by atoms with Crippen LogP contribution in [-0.4, -0.2) is 10.8 Å². The maximum Gasteiger partial charge on any atom is 0.179 e. The van der Waals surface area contributed by atoms with Gasteiger partial charge in [0.15, 0.2) is 5.78 Å². The molecule has 60 valence electrons. The van der Waals surface area contributed by atoms with Crippen molar-refractivity contribution < 1.29 is 4.79 Å². The molecular formula is C9H8N2O. The SMILES string of the molecule is C[C@H](C#N)C(=O)c1ccncc1. The van der Waals surface area contributed by atoms with E-state index >= 15 is 0 Å². The van der Waals surface area contributed by atoms with Crippen LogP contribution in [0.1, 0.15) is 17.3 Å². The first-order valence-corrected chi connectivity index (χ1v) is 3.59. The summed E-state index contributed by atoms with van der Waals surface area (Å²) in [7, 11) is 0. The number of carbonyl (C=O) groups excluding carboxylic acids is 1. The second kappa shape index (κ2) is 3.63. The molecular weight excluding hydrogens is 152 g/mol. The number of carbonyl (C=O) groups is 1. The molecule has 12 heavy (non-hydrogen) atoms. The molecule has 1 aromatic heterocycles. The van der Waals surface area contributed by atoms with Crippen molar-refractivity contribution in [2.75, 3.05) is 0 Å². The summed E-state index contributed by atoms with van der Waals surface area (Å²) in [6.45, 7) is 1.59. The Balaban J connectivity index is 2.88. The van der Waals surface area contributed by atoms with E-state index in [0.717, 1.165) is 0 Å². The smallest absolute Gasteiger partial charge is 0.179 e. The molecule has 1 atom stereocenters. The Morgan fingerprint density at radius 1 is 1.58 bits per heavy atom. The van der Waals surface area contributed by atoms with Gasteiger partial charge in [-0.2, -0.15) is 5.26 Å². The summed E-state index contributed by atoms with van der Waals surface area (Å²) in [5.74, 6) is -0.729. The number of nitrogens with zero attached hydrogens (tertiary/aromatic N) is 2. The first kappa shape index (κ1) is 8.41. The number of nitriles is 1. The second-order valence-electron chi connectivity index (χ2n) is 2.45. The van der Waals surface area contributed by atoms with Crippen LogP contribution in [0.25, 0.3) is 0 Å². The molecule has 0 saturated heterocycles. The van der Waals surface area contributed by atoms with Crippen molar-refractivity contribution in [3.8, 4) is 6.07 Å². The number of rotatable bonds is 2. The summed E-state index contributed by atoms with van der Waals surface area (Å²) in [4.78, 5) is 15.1. The van der Waals surface area contributed by atoms with Crippen molar-refractivity contribution in [3.63, 3.8) is 0 Å². The molecule has 0 radical (unpaired) electrons. The second-order valence-corrected chi connectivity index (χ2v) is 2.45. The molecule has 0 unspecified atom stereocenters. The van der Waals surface area contributed by atoms with Crippen LogP contribution >= 0.6 is 0 Å². The van der Waals surface area contributed by atoms with Crippen LogP contribution in [0.15, 0.2) is 24.5 Å². The number of aromatic nitrogens is 1. The third-order valence-electron chi connectivity index (χ3n) is 1.55. The molecule has 1 heterocycles. The Bertz CT molecular complexity index is 313. The minimum Gasteiger partial charge on any atom is -0.293 e. The van der Waals surface area contributed by atoms with Crippen molar-refractivity contribution in [2.45, 2.75) is 6.92 Å². The minimum atomic E-state index is -0.576. The Morgan fingerprint density at radius 3 is 2.67 bits per heavy atom. The molecule has 0 aromatic carbocycles. The van der Waals surface area contributed by atoms with Crippen molar-refractivity contribution in [1.82, 2.24) is 4.98 Å². The Labute approximate surface area is 70.7 Å². The molecule has 0 saturated carbocycles. The normalized spacial score (nSPS) is 11.7. The topological polar surface area (TPSA) is 53.8 Å². The predicted octanol–water partition coefficient (Wildman–Crippen LogP) is 1.42. The first-order valence-electron chi connectivity index (χ1n) is 3.59. The van der Waals surface area contributed by atoms with E-state index in [9.17, 15) is 4.79 Å². The van der Waals surface area contributed by atoms with Crippen LogP contribution in [0.3, 0.4) is 0 Å². The zero-order valence-corrected chi connectivity index (χ0v) is 6.69. The zero-order chi connectivity index (χ0) is 8.97. The van der Waals surface area contributed by atoms with Crippen molar-refractivity contribution in [2.24, 2.45) is 5.92 Å². The van der Waals surface area contributed by atoms with E-state index in [1.165, 1.54) is 12.4 Å². The molecule has 0 N–H and O–H groups in total. The van der Waals surface area contributed by atoms with Crippen LogP contribution in [0.4, 0.5) is 0 Å². The highest BCUT2D eigenvalue weighted by Crippen LogP contribution is 2.05. The van der Waals surface area contributed by atoms with Crippen LogP contribution in [0, 0.1) is 17.2 Å². The lowest BCUT2D eigenvalue weighted by Crippen LogP contribution is -2.08. The van der Waals surface area contributed by atoms with E-state index in [1.54, 1.807) is 19.1 Å². The van der Waals surface area contributed by atoms with Gasteiger partial charge in [-0.1, -0.05) is 0 Å². The van der Waals surface area contributed by atoms with Gasteiger partial charge in [0.25, 0.3) is 0 Å². The summed E-state index contributed by atoms with van der Waals surface area (Å²) >= 11 is 0. The molecule has 0 bridgehead atoms. The van der Waals surface area contributed by atoms with Gasteiger partial charge in [0.1, 0.15) is 5.92 Å². The summed E-state index contributed by atoms with van der Waals surface area (Å²) in [5.41, 5.74) is 0.541. The van der Waals surface area contributed by atoms with Gasteiger partial charge in [0.2, 0.25) is 0 Å². The standard InChI is InChI=1S/C9H8N2O/c1-7(6-10)9(12)8-2-4-11-5-3-8/h2-5,7H,1H3/t7-/m1/s1. The fourth-order valence-electron chi connectivity index (χ4n) is 0.825. The largest absolute Gasteiger partial charge is 0.293 e. The number of Topliss-reactive ketones (excluding diaryl/α,β-unsaturated/α-hetero) is 1. The van der Waals surface area contributed by atoms with Gasteiger partial charge < -0.3 is 0 Å². The van der Waals surface area contributed by atoms with E-state index in [-0.39, 0.29) is 5.78 Å². The first-order chi connectivity index (χ1) is 5.75. The Hall–Kier alpha value is -1.69. The van der Waals surface area contributed by atoms with Crippen molar-refractivity contribution >= 4 is 5.78 Å². The van der Waals surface area contributed by atoms with Gasteiger partial charge in [-0.3, -0.25) is 9.78 Å². The molecule has 0 aliphatic heterocycles. The average Bonchev–Trinajstić information content (AvgIpc) is 2.17. The molecule has 0 spiro atoms. The minimum absolute atomic E-state index is 0.153. The maximum atomic E-state index is 11.3. The molecule has 0 fully saturated rings. The van der Waals surface area contributed by atoms with Gasteiger partial charge in [-0.05, 0) is 19.1 Å². The molecule has 0 aliphatic rings. The lowest BCUT2D eigenvalue weighted by molar-refractivity contribution is 0.0956. The van der Waals surface area contributed by atoms with Crippen LogP contribution in [-0.2, 0) is 0 Å². The quantitative estimate of drug-likeness (QED) is 0.615. The van der Waals surface area contributed by atoms with Crippen LogP contribution in [0.5, 0.6) is 0 Å². The molecule has 1 rings (SSSR count). The third kappa shape index (κ3) is 1.67. The highest BCUT2D eigenvalue weighted by Gasteiger charge is 2.12. The Kier molecular flexibility index (Phi) is 2.54. The number of pyridine rings is 1. The zero-order valence-electron chi connectivity index (χ0n) is 6.69. The third-order valence-corrected chi connectivity index (χ3v) is 1.55. The number of hydrogen-bond acceptors (Lipinski definition) is 3. The fraction of sp³-hybridized carbons (Fsp3) is 0.222. The summed E-state index contributed by atoms with van der Waals surface area (Å²) < 4.78 is 0. The van der Waals surface area contributed by atoms with Gasteiger partial charge in [0, 0.05) is 18.0 Å². The molecule has 1 aromatic rings. The Morgan fingerprint density at radius 2 is 2.17 bits per heavy atom. The highest BCUT2D eigenvalue weighted by molar-refractivity contribution is 5.98. The average molecular weight is 160 g/mol. The van der Waals surface area contributed by atoms with E-state index in [1.807, 2.05) is 6.07 Å². The van der Waals surface area contributed by atoms with Gasteiger partial charge in [-0.25, -0.2) is 0 Å². The lowest BCUT2D eigenvalue weighted by Gasteiger charge is -1.99. The summed E-state index contributed by atoms with van der Waals surface area (Å²) in [6.07, 6.45) is 3.08. The van der Waals surface area contributed by atoms with E-state index in [4.69, 9.17) is 5.26 Å². The van der Waals surface area contributed by atoms with E-state index < -0.39 is 5.92 Å². The fourth-order valence-corrected chi connectivity index (χ4v) is 0.825. The summed E-state index contributed by atoms with van der Waals surface area (Å²) in [6, 6.07) is 5.11.